The van der Waals surface area contributed by atoms with E-state index in [1.807, 2.05) is 6.92 Å². The van der Waals surface area contributed by atoms with Gasteiger partial charge in [0.05, 0.1) is 32.3 Å². The first-order valence-electron chi connectivity index (χ1n) is 9.09. The van der Waals surface area contributed by atoms with Crippen LogP contribution < -0.4 is 9.46 Å². The molecule has 0 unspecified atom stereocenters. The van der Waals surface area contributed by atoms with Gasteiger partial charge in [0.2, 0.25) is 10.0 Å². The average Bonchev–Trinajstić information content (AvgIpc) is 3.35. The number of nitrogens with one attached hydrogen (secondary N) is 1. The molecule has 1 aromatic heterocycles. The van der Waals surface area contributed by atoms with Crippen molar-refractivity contribution in [1.29, 1.82) is 0 Å². The van der Waals surface area contributed by atoms with Gasteiger partial charge in [0.1, 0.15) is 17.1 Å². The van der Waals surface area contributed by atoms with Crippen LogP contribution in [0.15, 0.2) is 50.0 Å². The van der Waals surface area contributed by atoms with Crippen molar-refractivity contribution < 1.29 is 13.2 Å². The van der Waals surface area contributed by atoms with Gasteiger partial charge >= 0.3 is 6.01 Å². The van der Waals surface area contributed by atoms with E-state index in [-0.39, 0.29) is 21.0 Å². The molecule has 31 heavy (non-hydrogen) atoms. The fourth-order valence-corrected chi connectivity index (χ4v) is 5.03. The third-order valence-corrected chi connectivity index (χ3v) is 7.25. The van der Waals surface area contributed by atoms with Crippen LogP contribution in [0.4, 0.5) is 11.4 Å². The minimum Gasteiger partial charge on any atom is -0.424 e. The van der Waals surface area contributed by atoms with Crippen molar-refractivity contribution in [2.45, 2.75) is 31.3 Å². The molecule has 13 heteroatoms. The molecule has 0 saturated heterocycles. The van der Waals surface area contributed by atoms with Crippen LogP contribution in [0, 0.1) is 0 Å². The molecule has 1 N–H and O–H groups in total. The Morgan fingerprint density at radius 1 is 1.10 bits per heavy atom. The van der Waals surface area contributed by atoms with Crippen molar-refractivity contribution in [3.8, 4) is 11.8 Å². The van der Waals surface area contributed by atoms with Gasteiger partial charge in [0.15, 0.2) is 5.82 Å². The van der Waals surface area contributed by atoms with Crippen molar-refractivity contribution in [3.05, 3.63) is 52.3 Å². The number of ether oxygens (including phenoxy) is 1. The van der Waals surface area contributed by atoms with E-state index in [1.165, 1.54) is 18.2 Å². The van der Waals surface area contributed by atoms with Crippen LogP contribution in [-0.4, -0.2) is 23.2 Å². The third-order valence-electron chi connectivity index (χ3n) is 4.42. The summed E-state index contributed by atoms with van der Waals surface area (Å²) in [7, 11) is -3.87. The van der Waals surface area contributed by atoms with Gasteiger partial charge in [-0.1, -0.05) is 28.3 Å². The van der Waals surface area contributed by atoms with E-state index in [0.29, 0.717) is 23.8 Å². The van der Waals surface area contributed by atoms with Crippen molar-refractivity contribution in [3.63, 3.8) is 0 Å². The minimum absolute atomic E-state index is 0.00189. The fourth-order valence-electron chi connectivity index (χ4n) is 2.92. The van der Waals surface area contributed by atoms with Crippen LogP contribution in [0.2, 0.25) is 10.0 Å². The molecule has 0 radical (unpaired) electrons. The highest BCUT2D eigenvalue weighted by Crippen LogP contribution is 2.36. The van der Waals surface area contributed by atoms with Gasteiger partial charge in [0, 0.05) is 12.6 Å². The fraction of sp³-hybridized carbons (Fsp3) is 0.222. The molecule has 1 atom stereocenters. The second-order valence-corrected chi connectivity index (χ2v) is 9.58. The summed E-state index contributed by atoms with van der Waals surface area (Å²) in [6, 6.07) is 8.97. The highest BCUT2D eigenvalue weighted by Gasteiger charge is 2.24. The monoisotopic (exact) mass is 498 g/mol. The second kappa shape index (κ2) is 8.67. The Bertz CT molecular complexity index is 1340. The standard InChI is InChI=1S/C18H16Cl2N6O3S2/c1-3-26-17(10(2)25-31(27,28)12-5-6-13(19)14(20)9-12)21-22-18(26)29-11-4-7-15-16(8-11)24-30-23-15/h4-10,25H,3H2,1-2H3/t10-/m1/s1. The van der Waals surface area contributed by atoms with Gasteiger partial charge in [-0.25, -0.2) is 13.1 Å². The van der Waals surface area contributed by atoms with Crippen LogP contribution in [0.1, 0.15) is 25.7 Å². The maximum atomic E-state index is 12.8. The van der Waals surface area contributed by atoms with Gasteiger partial charge < -0.3 is 4.74 Å². The lowest BCUT2D eigenvalue weighted by Crippen LogP contribution is -2.29. The average molecular weight is 499 g/mol. The minimum atomic E-state index is -3.87. The van der Waals surface area contributed by atoms with Crippen LogP contribution in [0.5, 0.6) is 11.8 Å². The molecule has 162 valence electrons. The van der Waals surface area contributed by atoms with Crippen molar-refractivity contribution in [2.24, 2.45) is 8.73 Å². The molecule has 1 aliphatic heterocycles. The molecule has 9 nitrogen and oxygen atoms in total. The summed E-state index contributed by atoms with van der Waals surface area (Å²) in [6.07, 6.45) is 0. The lowest BCUT2D eigenvalue weighted by Gasteiger charge is -2.15. The number of aromatic nitrogens is 3. The van der Waals surface area contributed by atoms with Gasteiger partial charge in [0.25, 0.3) is 0 Å². The molecule has 0 aliphatic carbocycles. The largest absolute Gasteiger partial charge is 0.424 e. The number of hydrogen-bond acceptors (Lipinski definition) is 7. The molecule has 1 aliphatic rings. The van der Waals surface area contributed by atoms with E-state index in [4.69, 9.17) is 27.9 Å². The number of halogens is 2. The zero-order valence-electron chi connectivity index (χ0n) is 16.3. The molecular weight excluding hydrogens is 483 g/mol. The molecule has 0 amide bonds. The summed E-state index contributed by atoms with van der Waals surface area (Å²) in [5.74, 6) is 0.926. The van der Waals surface area contributed by atoms with E-state index < -0.39 is 16.1 Å². The summed E-state index contributed by atoms with van der Waals surface area (Å²) in [5.41, 5.74) is 1.49. The third kappa shape index (κ3) is 4.51. The molecule has 4 rings (SSSR count). The molecule has 0 spiro atoms. The summed E-state index contributed by atoms with van der Waals surface area (Å²) < 4.78 is 44.0. The summed E-state index contributed by atoms with van der Waals surface area (Å²) in [4.78, 5) is -0.00189. The van der Waals surface area contributed by atoms with Crippen molar-refractivity contribution >= 4 is 56.0 Å². The Hall–Kier alpha value is -2.31. The van der Waals surface area contributed by atoms with Crippen LogP contribution in [0.25, 0.3) is 0 Å². The van der Waals surface area contributed by atoms with Gasteiger partial charge in [-0.15, -0.1) is 5.10 Å². The molecule has 0 saturated carbocycles. The topological polar surface area (TPSA) is 111 Å². The van der Waals surface area contributed by atoms with E-state index in [9.17, 15) is 8.42 Å². The predicted octanol–water partition coefficient (Wildman–Crippen LogP) is 5.16. The SMILES string of the molecule is CCn1c(Oc2ccc3c(c2)N=S=N3)nnc1[C@@H](C)NS(=O)(=O)c1ccc(Cl)c(Cl)c1. The molecule has 0 fully saturated rings. The van der Waals surface area contributed by atoms with Gasteiger partial charge in [-0.05, 0) is 44.2 Å². The van der Waals surface area contributed by atoms with Crippen LogP contribution in [-0.2, 0) is 27.9 Å². The number of fused-ring (bicyclic) bond motifs is 1. The second-order valence-electron chi connectivity index (χ2n) is 6.52. The lowest BCUT2D eigenvalue weighted by atomic mass is 10.2. The van der Waals surface area contributed by atoms with E-state index >= 15 is 0 Å². The van der Waals surface area contributed by atoms with E-state index in [1.54, 1.807) is 29.7 Å². The lowest BCUT2D eigenvalue weighted by molar-refractivity contribution is 0.408. The summed E-state index contributed by atoms with van der Waals surface area (Å²) in [5, 5.41) is 8.64. The maximum absolute atomic E-state index is 12.8. The predicted molar refractivity (Wildman–Crippen MR) is 119 cm³/mol. The first-order chi connectivity index (χ1) is 14.8. The number of sulfonamides is 1. The smallest absolute Gasteiger partial charge is 0.322 e. The zero-order valence-corrected chi connectivity index (χ0v) is 19.4. The highest BCUT2D eigenvalue weighted by atomic mass is 35.5. The maximum Gasteiger partial charge on any atom is 0.322 e. The Morgan fingerprint density at radius 3 is 2.61 bits per heavy atom. The highest BCUT2D eigenvalue weighted by molar-refractivity contribution is 7.89. The van der Waals surface area contributed by atoms with E-state index in [0.717, 1.165) is 17.0 Å². The van der Waals surface area contributed by atoms with Crippen molar-refractivity contribution in [2.75, 3.05) is 0 Å². The Labute approximate surface area is 192 Å². The van der Waals surface area contributed by atoms with Crippen molar-refractivity contribution in [1.82, 2.24) is 19.5 Å². The quantitative estimate of drug-likeness (QED) is 0.378. The Balaban J connectivity index is 1.56. The number of rotatable bonds is 7. The van der Waals surface area contributed by atoms with Crippen LogP contribution >= 0.6 is 23.2 Å². The first-order valence-corrected chi connectivity index (χ1v) is 12.1. The normalized spacial score (nSPS) is 13.7. The van der Waals surface area contributed by atoms with Crippen LogP contribution in [0.3, 0.4) is 0 Å². The Morgan fingerprint density at radius 2 is 1.87 bits per heavy atom. The summed E-state index contributed by atoms with van der Waals surface area (Å²) in [6.45, 7) is 4.02. The molecule has 0 bridgehead atoms. The number of hydrogen-bond donors (Lipinski definition) is 1. The molecule has 3 aromatic rings. The number of nitrogens with zero attached hydrogens (tertiary/aromatic N) is 5. The van der Waals surface area contributed by atoms with Gasteiger partial charge in [-0.2, -0.15) is 8.73 Å². The number of benzene rings is 2. The first kappa shape index (κ1) is 21.9. The molecule has 2 aromatic carbocycles. The molecule has 2 heterocycles. The van der Waals surface area contributed by atoms with Gasteiger partial charge in [-0.3, -0.25) is 4.57 Å². The Kier molecular flexibility index (Phi) is 6.13. The molecular formula is C18H16Cl2N6O3S2. The van der Waals surface area contributed by atoms with E-state index in [2.05, 4.69) is 23.6 Å². The summed E-state index contributed by atoms with van der Waals surface area (Å²) >= 11 is 13.0. The zero-order chi connectivity index (χ0) is 22.2.